The summed E-state index contributed by atoms with van der Waals surface area (Å²) in [5, 5.41) is 0. The summed E-state index contributed by atoms with van der Waals surface area (Å²) in [5.41, 5.74) is 6.64. The molecule has 0 unspecified atom stereocenters. The largest absolute Gasteiger partial charge is 0.369 e. The van der Waals surface area contributed by atoms with Crippen molar-refractivity contribution in [1.82, 2.24) is 19.8 Å². The van der Waals surface area contributed by atoms with Crippen LogP contribution in [0, 0.1) is 0 Å². The van der Waals surface area contributed by atoms with Crippen molar-refractivity contribution in [2.24, 2.45) is 0 Å². The van der Waals surface area contributed by atoms with Crippen LogP contribution in [0.1, 0.15) is 12.6 Å². The molecular weight excluding hydrogens is 190 g/mol. The molecule has 0 bridgehead atoms. The van der Waals surface area contributed by atoms with Crippen molar-refractivity contribution in [2.75, 3.05) is 38.5 Å². The zero-order valence-electron chi connectivity index (χ0n) is 9.24. The van der Waals surface area contributed by atoms with Crippen LogP contribution in [0.2, 0.25) is 0 Å². The number of anilines is 1. The summed E-state index contributed by atoms with van der Waals surface area (Å²) in [6.07, 6.45) is 1.82. The topological polar surface area (TPSA) is 61.2 Å². The number of nitrogens with two attached hydrogens (primary N) is 1. The predicted molar refractivity (Wildman–Crippen MR) is 60.4 cm³/mol. The van der Waals surface area contributed by atoms with Gasteiger partial charge in [0, 0.05) is 32.7 Å². The van der Waals surface area contributed by atoms with E-state index in [1.165, 1.54) is 13.1 Å². The lowest BCUT2D eigenvalue weighted by Crippen LogP contribution is -2.45. The third-order valence-corrected chi connectivity index (χ3v) is 2.95. The minimum absolute atomic E-state index is 0.511. The molecule has 1 fully saturated rings. The first-order valence-corrected chi connectivity index (χ1v) is 5.52. The molecule has 1 aromatic rings. The number of imidazole rings is 1. The van der Waals surface area contributed by atoms with Gasteiger partial charge in [0.25, 0.3) is 0 Å². The maximum atomic E-state index is 5.53. The van der Waals surface area contributed by atoms with Crippen LogP contribution in [0.3, 0.4) is 0 Å². The van der Waals surface area contributed by atoms with E-state index in [2.05, 4.69) is 26.7 Å². The monoisotopic (exact) mass is 209 g/mol. The van der Waals surface area contributed by atoms with Gasteiger partial charge < -0.3 is 15.6 Å². The Bertz CT molecular complexity index is 301. The molecule has 2 heterocycles. The quantitative estimate of drug-likeness (QED) is 0.743. The second-order valence-corrected chi connectivity index (χ2v) is 4.00. The van der Waals surface area contributed by atoms with Crippen molar-refractivity contribution in [3.63, 3.8) is 0 Å². The molecule has 2 rings (SSSR count). The highest BCUT2D eigenvalue weighted by Crippen LogP contribution is 2.07. The first-order chi connectivity index (χ1) is 7.28. The van der Waals surface area contributed by atoms with Gasteiger partial charge >= 0.3 is 0 Å². The number of rotatable bonds is 3. The Morgan fingerprint density at radius 2 is 2.00 bits per heavy atom. The van der Waals surface area contributed by atoms with Crippen LogP contribution in [0.4, 0.5) is 5.95 Å². The van der Waals surface area contributed by atoms with E-state index in [1.54, 1.807) is 0 Å². The second kappa shape index (κ2) is 4.63. The summed E-state index contributed by atoms with van der Waals surface area (Å²) >= 11 is 0. The molecule has 15 heavy (non-hydrogen) atoms. The van der Waals surface area contributed by atoms with Gasteiger partial charge in [-0.25, -0.2) is 4.98 Å². The van der Waals surface area contributed by atoms with Crippen molar-refractivity contribution < 1.29 is 0 Å². The molecule has 0 aromatic carbocycles. The molecule has 0 spiro atoms. The normalized spacial score (nSPS) is 19.5. The average Bonchev–Trinajstić information content (AvgIpc) is 2.65. The Labute approximate surface area is 90.3 Å². The highest BCUT2D eigenvalue weighted by Gasteiger charge is 2.15. The van der Waals surface area contributed by atoms with E-state index in [0.717, 1.165) is 31.9 Å². The lowest BCUT2D eigenvalue weighted by Gasteiger charge is -2.33. The number of nitrogens with zero attached hydrogens (tertiary/aromatic N) is 3. The van der Waals surface area contributed by atoms with E-state index in [-0.39, 0.29) is 0 Å². The minimum Gasteiger partial charge on any atom is -0.369 e. The van der Waals surface area contributed by atoms with Crippen molar-refractivity contribution in [3.8, 4) is 0 Å². The molecule has 0 aliphatic carbocycles. The van der Waals surface area contributed by atoms with Crippen molar-refractivity contribution in [3.05, 3.63) is 11.9 Å². The first-order valence-electron chi connectivity index (χ1n) is 5.52. The maximum absolute atomic E-state index is 5.53. The lowest BCUT2D eigenvalue weighted by atomic mass is 10.3. The molecule has 0 radical (unpaired) electrons. The van der Waals surface area contributed by atoms with Gasteiger partial charge in [-0.3, -0.25) is 4.90 Å². The number of hydrogen-bond acceptors (Lipinski definition) is 4. The number of aromatic amines is 1. The zero-order valence-corrected chi connectivity index (χ0v) is 9.24. The fraction of sp³-hybridized carbons (Fsp3) is 0.700. The average molecular weight is 209 g/mol. The van der Waals surface area contributed by atoms with Gasteiger partial charge in [0.15, 0.2) is 5.95 Å². The van der Waals surface area contributed by atoms with Gasteiger partial charge in [-0.1, -0.05) is 6.92 Å². The molecule has 0 saturated carbocycles. The Balaban J connectivity index is 1.82. The molecule has 0 atom stereocenters. The van der Waals surface area contributed by atoms with E-state index in [9.17, 15) is 0 Å². The van der Waals surface area contributed by atoms with E-state index in [1.807, 2.05) is 6.20 Å². The van der Waals surface area contributed by atoms with Crippen LogP contribution in [0.25, 0.3) is 0 Å². The fourth-order valence-electron chi connectivity index (χ4n) is 1.96. The van der Waals surface area contributed by atoms with Crippen LogP contribution >= 0.6 is 0 Å². The summed E-state index contributed by atoms with van der Waals surface area (Å²) in [7, 11) is 0. The summed E-state index contributed by atoms with van der Waals surface area (Å²) in [4.78, 5) is 12.0. The van der Waals surface area contributed by atoms with E-state index in [4.69, 9.17) is 5.73 Å². The number of likely N-dealkylation sites (N-methyl/N-ethyl adjacent to an activating group) is 1. The fourth-order valence-corrected chi connectivity index (χ4v) is 1.96. The Hall–Kier alpha value is -1.07. The molecule has 0 amide bonds. The van der Waals surface area contributed by atoms with E-state index in [0.29, 0.717) is 5.95 Å². The number of piperazine rings is 1. The van der Waals surface area contributed by atoms with Gasteiger partial charge in [-0.15, -0.1) is 0 Å². The first kappa shape index (κ1) is 10.4. The highest BCUT2D eigenvalue weighted by molar-refractivity contribution is 5.18. The third kappa shape index (κ3) is 2.70. The summed E-state index contributed by atoms with van der Waals surface area (Å²) in [6, 6.07) is 0. The standard InChI is InChI=1S/C10H19N5/c1-2-14-3-5-15(6-4-14)8-9-7-12-10(11)13-9/h7H,2-6,8H2,1H3,(H3,11,12,13). The molecule has 5 heteroatoms. The molecule has 1 aromatic heterocycles. The molecule has 1 saturated heterocycles. The predicted octanol–water partition coefficient (Wildman–Crippen LogP) is 0.129. The molecule has 84 valence electrons. The molecule has 1 aliphatic rings. The number of aromatic nitrogens is 2. The number of nitrogen functional groups attached to an aromatic ring is 1. The zero-order chi connectivity index (χ0) is 10.7. The number of nitrogens with one attached hydrogen (secondary N) is 1. The Morgan fingerprint density at radius 3 is 2.53 bits per heavy atom. The lowest BCUT2D eigenvalue weighted by molar-refractivity contribution is 0.131. The molecular formula is C10H19N5. The van der Waals surface area contributed by atoms with Crippen molar-refractivity contribution >= 4 is 5.95 Å². The number of hydrogen-bond donors (Lipinski definition) is 2. The van der Waals surface area contributed by atoms with Gasteiger partial charge in [-0.2, -0.15) is 0 Å². The van der Waals surface area contributed by atoms with Crippen LogP contribution < -0.4 is 5.73 Å². The smallest absolute Gasteiger partial charge is 0.197 e. The second-order valence-electron chi connectivity index (χ2n) is 4.00. The van der Waals surface area contributed by atoms with Gasteiger partial charge in [0.2, 0.25) is 0 Å². The van der Waals surface area contributed by atoms with E-state index >= 15 is 0 Å². The van der Waals surface area contributed by atoms with Gasteiger partial charge in [0.1, 0.15) is 0 Å². The minimum atomic E-state index is 0.511. The van der Waals surface area contributed by atoms with Crippen molar-refractivity contribution in [1.29, 1.82) is 0 Å². The molecule has 1 aliphatic heterocycles. The van der Waals surface area contributed by atoms with Crippen LogP contribution in [-0.4, -0.2) is 52.5 Å². The van der Waals surface area contributed by atoms with E-state index < -0.39 is 0 Å². The van der Waals surface area contributed by atoms with Gasteiger partial charge in [0.05, 0.1) is 11.9 Å². The maximum Gasteiger partial charge on any atom is 0.197 e. The summed E-state index contributed by atoms with van der Waals surface area (Å²) < 4.78 is 0. The Morgan fingerprint density at radius 1 is 1.33 bits per heavy atom. The summed E-state index contributed by atoms with van der Waals surface area (Å²) in [5.74, 6) is 0.511. The summed E-state index contributed by atoms with van der Waals surface area (Å²) in [6.45, 7) is 8.90. The van der Waals surface area contributed by atoms with Gasteiger partial charge in [-0.05, 0) is 6.54 Å². The molecule has 5 nitrogen and oxygen atoms in total. The van der Waals surface area contributed by atoms with Crippen LogP contribution in [0.15, 0.2) is 6.20 Å². The molecule has 3 N–H and O–H groups in total. The van der Waals surface area contributed by atoms with Crippen LogP contribution in [-0.2, 0) is 6.54 Å². The Kier molecular flexibility index (Phi) is 3.23. The van der Waals surface area contributed by atoms with Crippen molar-refractivity contribution in [2.45, 2.75) is 13.5 Å². The van der Waals surface area contributed by atoms with Crippen LogP contribution in [0.5, 0.6) is 0 Å². The third-order valence-electron chi connectivity index (χ3n) is 2.95. The number of H-pyrrole nitrogens is 1. The SMILES string of the molecule is CCN1CCN(Cc2cnc(N)[nH]2)CC1. The highest BCUT2D eigenvalue weighted by atomic mass is 15.3.